The molecule has 1 aliphatic carbocycles. The highest BCUT2D eigenvalue weighted by Gasteiger charge is 2.16. The van der Waals surface area contributed by atoms with Gasteiger partial charge in [0.1, 0.15) is 0 Å². The van der Waals surface area contributed by atoms with E-state index in [4.69, 9.17) is 5.73 Å². The molecule has 2 nitrogen and oxygen atoms in total. The Bertz CT molecular complexity index is 268. The van der Waals surface area contributed by atoms with Gasteiger partial charge in [-0.1, -0.05) is 12.8 Å². The molecule has 2 rings (SSSR count). The van der Waals surface area contributed by atoms with Gasteiger partial charge in [0.15, 0.2) is 0 Å². The average Bonchev–Trinajstić information content (AvgIpc) is 2.86. The topological polar surface area (TPSA) is 38.9 Å². The normalized spacial score (nSPS) is 19.5. The molecule has 2 N–H and O–H groups in total. The summed E-state index contributed by atoms with van der Waals surface area (Å²) >= 11 is 3.78. The van der Waals surface area contributed by atoms with Gasteiger partial charge < -0.3 is 5.73 Å². The summed E-state index contributed by atoms with van der Waals surface area (Å²) in [6, 6.07) is 0.302. The van der Waals surface area contributed by atoms with Crippen LogP contribution in [0.1, 0.15) is 30.6 Å². The maximum Gasteiger partial charge on any atom is 0.0794 e. The van der Waals surface area contributed by atoms with Crippen LogP contribution < -0.4 is 5.73 Å². The molecule has 0 amide bonds. The van der Waals surface area contributed by atoms with E-state index in [2.05, 4.69) is 16.7 Å². The Hall–Kier alpha value is -0.0600. The fourth-order valence-corrected chi connectivity index (χ4v) is 3.97. The van der Waals surface area contributed by atoms with Crippen LogP contribution in [0.5, 0.6) is 0 Å². The third-order valence-electron chi connectivity index (χ3n) is 2.80. The molecule has 1 unspecified atom stereocenters. The quantitative estimate of drug-likeness (QED) is 0.863. The number of rotatable bonds is 5. The van der Waals surface area contributed by atoms with Gasteiger partial charge in [0, 0.05) is 28.1 Å². The molecule has 0 saturated heterocycles. The first-order valence-corrected chi connectivity index (χ1v) is 7.52. The zero-order chi connectivity index (χ0) is 10.5. The second-order valence-electron chi connectivity index (χ2n) is 4.17. The van der Waals surface area contributed by atoms with Gasteiger partial charge in [0.05, 0.1) is 5.51 Å². The molecule has 4 heteroatoms. The predicted molar refractivity (Wildman–Crippen MR) is 68.5 cm³/mol. The first-order chi connectivity index (χ1) is 7.34. The first kappa shape index (κ1) is 11.4. The summed E-state index contributed by atoms with van der Waals surface area (Å²) in [5.74, 6) is 1.10. The third-order valence-corrected chi connectivity index (χ3v) is 5.16. The van der Waals surface area contributed by atoms with E-state index in [1.807, 2.05) is 11.7 Å². The SMILES string of the molecule is NC(CSC1CCCC1)Cc1cncs1. The van der Waals surface area contributed by atoms with Gasteiger partial charge in [-0.15, -0.1) is 11.3 Å². The summed E-state index contributed by atoms with van der Waals surface area (Å²) in [7, 11) is 0. The summed E-state index contributed by atoms with van der Waals surface area (Å²) in [5, 5.41) is 0.887. The van der Waals surface area contributed by atoms with Crippen molar-refractivity contribution in [1.82, 2.24) is 4.98 Å². The lowest BCUT2D eigenvalue weighted by molar-refractivity contribution is 0.752. The molecule has 0 aromatic carbocycles. The van der Waals surface area contributed by atoms with E-state index < -0.39 is 0 Å². The zero-order valence-electron chi connectivity index (χ0n) is 8.89. The summed E-state index contributed by atoms with van der Waals surface area (Å²) in [5.41, 5.74) is 7.98. The van der Waals surface area contributed by atoms with E-state index >= 15 is 0 Å². The molecule has 1 aromatic heterocycles. The number of hydrogen-bond acceptors (Lipinski definition) is 4. The lowest BCUT2D eigenvalue weighted by atomic mass is 10.2. The van der Waals surface area contributed by atoms with Crippen molar-refractivity contribution in [3.8, 4) is 0 Å². The number of thiazole rings is 1. The van der Waals surface area contributed by atoms with Gasteiger partial charge in [-0.05, 0) is 19.3 Å². The predicted octanol–water partition coefficient (Wildman–Crippen LogP) is 2.69. The number of aromatic nitrogens is 1. The van der Waals surface area contributed by atoms with Crippen molar-refractivity contribution in [2.24, 2.45) is 5.73 Å². The van der Waals surface area contributed by atoms with E-state index in [1.54, 1.807) is 11.3 Å². The van der Waals surface area contributed by atoms with E-state index in [9.17, 15) is 0 Å². The van der Waals surface area contributed by atoms with Crippen LogP contribution in [0.4, 0.5) is 0 Å². The Balaban J connectivity index is 1.66. The molecular formula is C11H18N2S2. The zero-order valence-corrected chi connectivity index (χ0v) is 10.5. The maximum atomic E-state index is 6.10. The van der Waals surface area contributed by atoms with E-state index in [-0.39, 0.29) is 0 Å². The molecule has 1 atom stereocenters. The first-order valence-electron chi connectivity index (χ1n) is 5.59. The number of thioether (sulfide) groups is 1. The van der Waals surface area contributed by atoms with Crippen LogP contribution in [0, 0.1) is 0 Å². The van der Waals surface area contributed by atoms with Crippen LogP contribution >= 0.6 is 23.1 Å². The molecule has 1 saturated carbocycles. The van der Waals surface area contributed by atoms with Crippen LogP contribution in [-0.2, 0) is 6.42 Å². The maximum absolute atomic E-state index is 6.10. The highest BCUT2D eigenvalue weighted by molar-refractivity contribution is 7.99. The van der Waals surface area contributed by atoms with E-state index in [0.717, 1.165) is 17.4 Å². The van der Waals surface area contributed by atoms with Crippen molar-refractivity contribution in [2.75, 3.05) is 5.75 Å². The fraction of sp³-hybridized carbons (Fsp3) is 0.727. The molecule has 0 bridgehead atoms. The van der Waals surface area contributed by atoms with Crippen LogP contribution in [0.2, 0.25) is 0 Å². The summed E-state index contributed by atoms with van der Waals surface area (Å²) in [4.78, 5) is 5.38. The smallest absolute Gasteiger partial charge is 0.0794 e. The average molecular weight is 242 g/mol. The van der Waals surface area contributed by atoms with E-state index in [0.29, 0.717) is 6.04 Å². The van der Waals surface area contributed by atoms with Gasteiger partial charge in [0.25, 0.3) is 0 Å². The van der Waals surface area contributed by atoms with Crippen LogP contribution in [-0.4, -0.2) is 22.0 Å². The van der Waals surface area contributed by atoms with Crippen molar-refractivity contribution in [3.63, 3.8) is 0 Å². The van der Waals surface area contributed by atoms with Crippen LogP contribution in [0.15, 0.2) is 11.7 Å². The molecule has 0 aliphatic heterocycles. The second kappa shape index (κ2) is 5.87. The molecule has 1 aromatic rings. The van der Waals surface area contributed by atoms with E-state index in [1.165, 1.54) is 30.6 Å². The molecule has 1 fully saturated rings. The van der Waals surface area contributed by atoms with Gasteiger partial charge in [-0.2, -0.15) is 11.8 Å². The Kier molecular flexibility index (Phi) is 4.47. The lowest BCUT2D eigenvalue weighted by Gasteiger charge is -2.13. The van der Waals surface area contributed by atoms with Crippen molar-refractivity contribution < 1.29 is 0 Å². The Morgan fingerprint density at radius 3 is 3.00 bits per heavy atom. The van der Waals surface area contributed by atoms with Gasteiger partial charge in [-0.3, -0.25) is 4.98 Å². The fourth-order valence-electron chi connectivity index (χ4n) is 1.97. The number of hydrogen-bond donors (Lipinski definition) is 1. The summed E-state index contributed by atoms with van der Waals surface area (Å²) in [6.07, 6.45) is 8.56. The van der Waals surface area contributed by atoms with Crippen molar-refractivity contribution in [2.45, 2.75) is 43.4 Å². The minimum absolute atomic E-state index is 0.302. The lowest BCUT2D eigenvalue weighted by Crippen LogP contribution is -2.26. The molecule has 1 heterocycles. The second-order valence-corrected chi connectivity index (χ2v) is 6.48. The number of nitrogens with zero attached hydrogens (tertiary/aromatic N) is 1. The minimum atomic E-state index is 0.302. The molecule has 15 heavy (non-hydrogen) atoms. The van der Waals surface area contributed by atoms with Crippen LogP contribution in [0.25, 0.3) is 0 Å². The Morgan fingerprint density at radius 1 is 1.53 bits per heavy atom. The Morgan fingerprint density at radius 2 is 2.33 bits per heavy atom. The summed E-state index contributed by atoms with van der Waals surface area (Å²) < 4.78 is 0. The largest absolute Gasteiger partial charge is 0.327 e. The molecule has 84 valence electrons. The Labute approximate surface area is 99.7 Å². The highest BCUT2D eigenvalue weighted by atomic mass is 32.2. The third kappa shape index (κ3) is 3.78. The van der Waals surface area contributed by atoms with Crippen molar-refractivity contribution in [1.29, 1.82) is 0 Å². The minimum Gasteiger partial charge on any atom is -0.327 e. The molecule has 0 radical (unpaired) electrons. The standard InChI is InChI=1S/C11H18N2S2/c12-9(5-11-6-13-8-15-11)7-14-10-3-1-2-4-10/h6,8-10H,1-5,7,12H2. The van der Waals surface area contributed by atoms with Gasteiger partial charge in [-0.25, -0.2) is 0 Å². The monoisotopic (exact) mass is 242 g/mol. The van der Waals surface area contributed by atoms with Gasteiger partial charge >= 0.3 is 0 Å². The highest BCUT2D eigenvalue weighted by Crippen LogP contribution is 2.29. The molecule has 1 aliphatic rings. The molecule has 0 spiro atoms. The number of nitrogens with two attached hydrogens (primary N) is 1. The van der Waals surface area contributed by atoms with Crippen molar-refractivity contribution >= 4 is 23.1 Å². The van der Waals surface area contributed by atoms with Crippen LogP contribution in [0.3, 0.4) is 0 Å². The molecular weight excluding hydrogens is 224 g/mol. The van der Waals surface area contributed by atoms with Crippen molar-refractivity contribution in [3.05, 3.63) is 16.6 Å². The van der Waals surface area contributed by atoms with Gasteiger partial charge in [0.2, 0.25) is 0 Å². The summed E-state index contributed by atoms with van der Waals surface area (Å²) in [6.45, 7) is 0.